The van der Waals surface area contributed by atoms with Crippen LogP contribution in [-0.4, -0.2) is 14.2 Å². The highest BCUT2D eigenvalue weighted by atomic mass is 31.2. The molecule has 0 amide bonds. The van der Waals surface area contributed by atoms with Gasteiger partial charge in [-0.1, -0.05) is 42.8 Å². The highest BCUT2D eigenvalue weighted by Gasteiger charge is 2.16. The molecular weight excluding hydrogens is 235 g/mol. The Hall–Kier alpha value is -0.890. The number of hydrogen-bond donors (Lipinski definition) is 0. The van der Waals surface area contributed by atoms with Gasteiger partial charge in [-0.15, -0.1) is 0 Å². The minimum absolute atomic E-state index is 0.175. The Kier molecular flexibility index (Phi) is 5.13. The van der Waals surface area contributed by atoms with E-state index in [-0.39, 0.29) is 5.92 Å². The molecular formula is C13H19O3P. The molecule has 0 aliphatic rings. The molecule has 0 spiro atoms. The molecule has 0 unspecified atom stereocenters. The second-order valence-corrected chi connectivity index (χ2v) is 6.05. The lowest BCUT2D eigenvalue weighted by Gasteiger charge is -2.11. The van der Waals surface area contributed by atoms with Gasteiger partial charge in [0.2, 0.25) is 0 Å². The summed E-state index contributed by atoms with van der Waals surface area (Å²) in [6.45, 7) is 4.09. The van der Waals surface area contributed by atoms with Crippen LogP contribution in [0.15, 0.2) is 36.2 Å². The summed E-state index contributed by atoms with van der Waals surface area (Å²) in [5, 5.41) is 0. The number of benzene rings is 1. The third kappa shape index (κ3) is 4.12. The first-order valence-corrected chi connectivity index (χ1v) is 7.09. The molecule has 0 aliphatic carbocycles. The predicted molar refractivity (Wildman–Crippen MR) is 70.4 cm³/mol. The average molecular weight is 254 g/mol. The maximum atomic E-state index is 11.8. The molecule has 0 aliphatic heterocycles. The van der Waals surface area contributed by atoms with Gasteiger partial charge < -0.3 is 9.05 Å². The van der Waals surface area contributed by atoms with Gasteiger partial charge in [0.25, 0.3) is 0 Å². The summed E-state index contributed by atoms with van der Waals surface area (Å²) in [6, 6.07) is 8.25. The van der Waals surface area contributed by atoms with E-state index in [0.29, 0.717) is 0 Å². The van der Waals surface area contributed by atoms with Crippen molar-refractivity contribution in [3.63, 3.8) is 0 Å². The molecule has 1 aromatic rings. The fraction of sp³-hybridized carbons (Fsp3) is 0.385. The molecule has 0 radical (unpaired) electrons. The van der Waals surface area contributed by atoms with E-state index in [0.717, 1.165) is 0 Å². The summed E-state index contributed by atoms with van der Waals surface area (Å²) in [6.07, 6.45) is 1.85. The molecule has 94 valence electrons. The largest absolute Gasteiger partial charge is 0.353 e. The predicted octanol–water partition coefficient (Wildman–Crippen LogP) is 4.10. The van der Waals surface area contributed by atoms with Crippen molar-refractivity contribution in [2.45, 2.75) is 19.8 Å². The first kappa shape index (κ1) is 14.2. The van der Waals surface area contributed by atoms with E-state index in [1.807, 2.05) is 19.9 Å². The number of rotatable bonds is 5. The molecule has 1 aromatic carbocycles. The number of allylic oxidation sites excluding steroid dienone is 1. The molecule has 1 atom stereocenters. The van der Waals surface area contributed by atoms with Crippen LogP contribution in [0.5, 0.6) is 0 Å². The summed E-state index contributed by atoms with van der Waals surface area (Å²) in [7, 11) is -0.285. The first-order chi connectivity index (χ1) is 8.00. The van der Waals surface area contributed by atoms with Crippen LogP contribution in [0.4, 0.5) is 0 Å². The molecule has 0 aromatic heterocycles. The van der Waals surface area contributed by atoms with Crippen molar-refractivity contribution in [1.82, 2.24) is 0 Å². The zero-order chi connectivity index (χ0) is 12.9. The van der Waals surface area contributed by atoms with Gasteiger partial charge >= 0.3 is 7.60 Å². The van der Waals surface area contributed by atoms with Crippen molar-refractivity contribution in [3.05, 3.63) is 47.3 Å². The third-order valence-corrected chi connectivity index (χ3v) is 4.22. The SMILES string of the molecule is COP(=O)(/C=C\[C@@H](C)c1ccc(C)cc1)OC. The van der Waals surface area contributed by atoms with E-state index in [1.54, 1.807) is 0 Å². The zero-order valence-electron chi connectivity index (χ0n) is 10.7. The fourth-order valence-corrected chi connectivity index (χ4v) is 2.27. The Morgan fingerprint density at radius 2 is 1.71 bits per heavy atom. The van der Waals surface area contributed by atoms with Gasteiger partial charge in [-0.25, -0.2) is 0 Å². The Bertz CT molecular complexity index is 415. The van der Waals surface area contributed by atoms with E-state index in [4.69, 9.17) is 9.05 Å². The topological polar surface area (TPSA) is 35.5 Å². The van der Waals surface area contributed by atoms with Gasteiger partial charge in [-0.3, -0.25) is 4.57 Å². The Morgan fingerprint density at radius 3 is 2.18 bits per heavy atom. The average Bonchev–Trinajstić information content (AvgIpc) is 2.36. The molecule has 0 bridgehead atoms. The summed E-state index contributed by atoms with van der Waals surface area (Å²) in [5.74, 6) is 1.69. The van der Waals surface area contributed by atoms with Gasteiger partial charge in [0.05, 0.1) is 0 Å². The summed E-state index contributed by atoms with van der Waals surface area (Å²) in [4.78, 5) is 0. The van der Waals surface area contributed by atoms with Crippen LogP contribution < -0.4 is 0 Å². The quantitative estimate of drug-likeness (QED) is 0.742. The van der Waals surface area contributed by atoms with Gasteiger partial charge in [0, 0.05) is 20.0 Å². The van der Waals surface area contributed by atoms with Crippen LogP contribution in [0.1, 0.15) is 24.0 Å². The molecule has 0 heterocycles. The molecule has 0 fully saturated rings. The van der Waals surface area contributed by atoms with Crippen molar-refractivity contribution < 1.29 is 13.6 Å². The lowest BCUT2D eigenvalue weighted by Crippen LogP contribution is -1.90. The summed E-state index contributed by atoms with van der Waals surface area (Å²) < 4.78 is 21.5. The van der Waals surface area contributed by atoms with Crippen molar-refractivity contribution in [2.24, 2.45) is 0 Å². The summed E-state index contributed by atoms with van der Waals surface area (Å²) in [5.41, 5.74) is 2.40. The van der Waals surface area contributed by atoms with Gasteiger partial charge in [-0.2, -0.15) is 0 Å². The number of hydrogen-bond acceptors (Lipinski definition) is 3. The first-order valence-electron chi connectivity index (χ1n) is 5.48. The number of aryl methyl sites for hydroxylation is 1. The van der Waals surface area contributed by atoms with Crippen molar-refractivity contribution in [3.8, 4) is 0 Å². The van der Waals surface area contributed by atoms with Crippen LogP contribution in [0.25, 0.3) is 0 Å². The van der Waals surface area contributed by atoms with Crippen LogP contribution >= 0.6 is 7.60 Å². The van der Waals surface area contributed by atoms with Crippen LogP contribution in [0.2, 0.25) is 0 Å². The highest BCUT2D eigenvalue weighted by Crippen LogP contribution is 2.48. The minimum atomic E-state index is -3.05. The lowest BCUT2D eigenvalue weighted by molar-refractivity contribution is 0.286. The maximum Gasteiger partial charge on any atom is 0.353 e. The maximum absolute atomic E-state index is 11.8. The fourth-order valence-electron chi connectivity index (χ4n) is 1.41. The molecule has 1 rings (SSSR count). The monoisotopic (exact) mass is 254 g/mol. The second kappa shape index (κ2) is 6.15. The molecule has 4 heteroatoms. The smallest absolute Gasteiger partial charge is 0.309 e. The third-order valence-electron chi connectivity index (χ3n) is 2.67. The Morgan fingerprint density at radius 1 is 1.18 bits per heavy atom. The van der Waals surface area contributed by atoms with Crippen LogP contribution in [-0.2, 0) is 13.6 Å². The minimum Gasteiger partial charge on any atom is -0.309 e. The zero-order valence-corrected chi connectivity index (χ0v) is 11.6. The van der Waals surface area contributed by atoms with Crippen LogP contribution in [0.3, 0.4) is 0 Å². The van der Waals surface area contributed by atoms with Gasteiger partial charge in [0.15, 0.2) is 0 Å². The standard InChI is InChI=1S/C13H19O3P/c1-11-5-7-13(8-6-11)12(2)9-10-17(14,15-3)16-4/h5-10,12H,1-4H3/b10-9-/t12-/m1/s1. The van der Waals surface area contributed by atoms with E-state index >= 15 is 0 Å². The van der Waals surface area contributed by atoms with Crippen molar-refractivity contribution in [2.75, 3.05) is 14.2 Å². The van der Waals surface area contributed by atoms with Gasteiger partial charge in [-0.05, 0) is 18.4 Å². The van der Waals surface area contributed by atoms with E-state index < -0.39 is 7.60 Å². The molecule has 0 N–H and O–H groups in total. The molecule has 3 nitrogen and oxygen atoms in total. The van der Waals surface area contributed by atoms with E-state index in [2.05, 4.69) is 24.3 Å². The molecule has 0 saturated carbocycles. The Labute approximate surface area is 103 Å². The van der Waals surface area contributed by atoms with Gasteiger partial charge in [0.1, 0.15) is 0 Å². The van der Waals surface area contributed by atoms with E-state index in [1.165, 1.54) is 31.2 Å². The second-order valence-electron chi connectivity index (χ2n) is 3.95. The molecule has 17 heavy (non-hydrogen) atoms. The highest BCUT2D eigenvalue weighted by molar-refractivity contribution is 7.57. The van der Waals surface area contributed by atoms with Crippen molar-refractivity contribution >= 4 is 7.60 Å². The van der Waals surface area contributed by atoms with Crippen molar-refractivity contribution in [1.29, 1.82) is 0 Å². The normalized spacial score (nSPS) is 14.1. The van der Waals surface area contributed by atoms with Crippen LogP contribution in [0, 0.1) is 6.92 Å². The molecule has 0 saturated heterocycles. The van der Waals surface area contributed by atoms with E-state index in [9.17, 15) is 4.57 Å². The summed E-state index contributed by atoms with van der Waals surface area (Å²) >= 11 is 0. The lowest BCUT2D eigenvalue weighted by atomic mass is 10.0. The Balaban J connectivity index is 2.78.